The number of rotatable bonds is 4. The van der Waals surface area contributed by atoms with E-state index in [0.717, 1.165) is 32.4 Å². The van der Waals surface area contributed by atoms with Crippen LogP contribution in [0.3, 0.4) is 0 Å². The second-order valence-corrected chi connectivity index (χ2v) is 11.1. The number of fused-ring (bicyclic) bond motifs is 1. The Bertz CT molecular complexity index is 1510. The zero-order valence-corrected chi connectivity index (χ0v) is 27.2. The molecule has 2 aliphatic rings. The molecule has 2 N–H and O–H groups in total. The Balaban J connectivity index is 0.000000200. The van der Waals surface area contributed by atoms with E-state index in [9.17, 15) is 18.4 Å². The second-order valence-electron chi connectivity index (χ2n) is 8.90. The summed E-state index contributed by atoms with van der Waals surface area (Å²) in [7, 11) is 0. The van der Waals surface area contributed by atoms with Crippen LogP contribution < -0.4 is 16.4 Å². The first-order valence-corrected chi connectivity index (χ1v) is 15.2. The van der Waals surface area contributed by atoms with Crippen LogP contribution in [0.5, 0.6) is 0 Å². The van der Waals surface area contributed by atoms with Crippen LogP contribution in [0, 0.1) is 11.6 Å². The zero-order chi connectivity index (χ0) is 32.2. The quantitative estimate of drug-likeness (QED) is 0.249. The third kappa shape index (κ3) is 9.90. The first-order valence-electron chi connectivity index (χ1n) is 13.3. The van der Waals surface area contributed by atoms with Crippen molar-refractivity contribution in [1.82, 2.24) is 20.2 Å². The predicted molar refractivity (Wildman–Crippen MR) is 168 cm³/mol. The number of nitrogens with one attached hydrogen (secondary N) is 2. The highest BCUT2D eigenvalue weighted by molar-refractivity contribution is 6.61. The van der Waals surface area contributed by atoms with Crippen molar-refractivity contribution in [3.05, 3.63) is 83.6 Å². The summed E-state index contributed by atoms with van der Waals surface area (Å²) in [5, 5.41) is 0.707. The summed E-state index contributed by atoms with van der Waals surface area (Å²) in [4.78, 5) is 24.0. The number of benzene rings is 2. The Morgan fingerprint density at radius 3 is 2.02 bits per heavy atom. The number of carbonyl (C=O) groups is 1. The van der Waals surface area contributed by atoms with Crippen molar-refractivity contribution in [3.8, 4) is 11.1 Å². The van der Waals surface area contributed by atoms with Crippen molar-refractivity contribution in [2.75, 3.05) is 46.1 Å². The van der Waals surface area contributed by atoms with Crippen molar-refractivity contribution >= 4 is 69.5 Å². The molecule has 16 heteroatoms. The minimum atomic E-state index is -0.784. The van der Waals surface area contributed by atoms with Gasteiger partial charge in [-0.25, -0.2) is 18.3 Å². The Labute approximate surface area is 277 Å². The van der Waals surface area contributed by atoms with Crippen LogP contribution in [-0.2, 0) is 32.1 Å². The zero-order valence-electron chi connectivity index (χ0n) is 23.4. The number of hydrogen-bond acceptors (Lipinski definition) is 7. The molecule has 1 fully saturated rings. The van der Waals surface area contributed by atoms with Gasteiger partial charge in [0.1, 0.15) is 21.3 Å². The highest BCUT2D eigenvalue weighted by Gasteiger charge is 2.24. The molecule has 1 saturated heterocycles. The molecule has 0 atom stereocenters. The molecular formula is C28H29Cl5F2N4O5. The van der Waals surface area contributed by atoms with Gasteiger partial charge >= 0.3 is 5.97 Å². The Morgan fingerprint density at radius 2 is 1.45 bits per heavy atom. The lowest BCUT2D eigenvalue weighted by atomic mass is 10.1. The number of carbonyl (C=O) groups excluding carboxylic acids is 1. The fourth-order valence-electron chi connectivity index (χ4n) is 4.04. The minimum absolute atomic E-state index is 0.0483. The van der Waals surface area contributed by atoms with E-state index in [1.165, 1.54) is 35.0 Å². The molecule has 0 bridgehead atoms. The number of halogens is 7. The van der Waals surface area contributed by atoms with Crippen LogP contribution in [0.1, 0.15) is 12.5 Å². The van der Waals surface area contributed by atoms with Crippen LogP contribution in [0.15, 0.2) is 45.7 Å². The third-order valence-corrected chi connectivity index (χ3v) is 7.24. The molecule has 0 aliphatic carbocycles. The van der Waals surface area contributed by atoms with Gasteiger partial charge in [0, 0.05) is 34.3 Å². The molecule has 0 unspecified atom stereocenters. The Morgan fingerprint density at radius 1 is 0.886 bits per heavy atom. The van der Waals surface area contributed by atoms with Crippen molar-refractivity contribution in [2.45, 2.75) is 20.0 Å². The van der Waals surface area contributed by atoms with E-state index < -0.39 is 17.6 Å². The van der Waals surface area contributed by atoms with Crippen molar-refractivity contribution in [3.63, 3.8) is 0 Å². The molecule has 2 aliphatic heterocycles. The van der Waals surface area contributed by atoms with Crippen LogP contribution in [-0.4, -0.2) is 61.5 Å². The van der Waals surface area contributed by atoms with Crippen LogP contribution in [0.2, 0.25) is 15.2 Å². The van der Waals surface area contributed by atoms with Gasteiger partial charge < -0.3 is 14.2 Å². The molecule has 0 amide bonds. The lowest BCUT2D eigenvalue weighted by molar-refractivity contribution is -0.136. The van der Waals surface area contributed by atoms with E-state index in [-0.39, 0.29) is 54.1 Å². The standard InChI is InChI=1S/C13H11Cl2FN2O2.C11H8Cl3FO2.C4H10N2O/c14-8-1-2-9(10(16)7-8)11-12(15)17-3-5-20-6-4-18(17)13(11)19;1-2-17-11(16)9(10(13)14)7-4-3-6(12)5-8(7)15;1-3-7-4-2-6-5-1/h1-2,7H,3-6H2;3-5H,2H2,1H3;5-6H,1-4H2. The van der Waals surface area contributed by atoms with E-state index in [4.69, 9.17) is 72.2 Å². The number of ether oxygens (including phenoxy) is 3. The Hall–Kier alpha value is -2.19. The van der Waals surface area contributed by atoms with E-state index in [2.05, 4.69) is 10.9 Å². The normalized spacial score (nSPS) is 14.5. The molecule has 0 radical (unpaired) electrons. The maximum absolute atomic E-state index is 14.0. The summed E-state index contributed by atoms with van der Waals surface area (Å²) in [5.74, 6) is -2.04. The predicted octanol–water partition coefficient (Wildman–Crippen LogP) is 6.09. The molecule has 2 aromatic carbocycles. The molecule has 0 spiro atoms. The molecule has 1 aromatic heterocycles. The molecule has 3 heterocycles. The molecule has 5 rings (SSSR count). The average molecular weight is 717 g/mol. The first-order chi connectivity index (χ1) is 21.1. The van der Waals surface area contributed by atoms with Gasteiger partial charge in [0.15, 0.2) is 0 Å². The lowest BCUT2D eigenvalue weighted by Gasteiger charge is -2.08. The fraction of sp³-hybridized carbons (Fsp3) is 0.357. The smallest absolute Gasteiger partial charge is 0.341 e. The first kappa shape index (κ1) is 36.3. The summed E-state index contributed by atoms with van der Waals surface area (Å²) in [6, 6.07) is 7.98. The van der Waals surface area contributed by atoms with Gasteiger partial charge in [-0.3, -0.25) is 20.3 Å². The van der Waals surface area contributed by atoms with E-state index >= 15 is 0 Å². The molecule has 3 aromatic rings. The van der Waals surface area contributed by atoms with E-state index in [1.807, 2.05) is 0 Å². The van der Waals surface area contributed by atoms with Gasteiger partial charge in [-0.2, -0.15) is 0 Å². The lowest BCUT2D eigenvalue weighted by Crippen LogP contribution is -2.32. The topological polar surface area (TPSA) is 95.8 Å². The number of hydrazine groups is 1. The van der Waals surface area contributed by atoms with Gasteiger partial charge in [0.05, 0.1) is 57.3 Å². The summed E-state index contributed by atoms with van der Waals surface area (Å²) in [5.41, 5.74) is 5.69. The van der Waals surface area contributed by atoms with E-state index in [0.29, 0.717) is 26.3 Å². The van der Waals surface area contributed by atoms with Crippen molar-refractivity contribution in [2.24, 2.45) is 0 Å². The van der Waals surface area contributed by atoms with E-state index in [1.54, 1.807) is 11.6 Å². The maximum Gasteiger partial charge on any atom is 0.341 e. The van der Waals surface area contributed by atoms with Crippen LogP contribution >= 0.6 is 58.0 Å². The Kier molecular flexibility index (Phi) is 14.9. The van der Waals surface area contributed by atoms with Crippen molar-refractivity contribution in [1.29, 1.82) is 0 Å². The fourth-order valence-corrected chi connectivity index (χ4v) is 5.07. The number of nitrogens with zero attached hydrogens (tertiary/aromatic N) is 2. The monoisotopic (exact) mass is 714 g/mol. The highest BCUT2D eigenvalue weighted by atomic mass is 35.5. The van der Waals surface area contributed by atoms with Gasteiger partial charge in [-0.1, -0.05) is 58.0 Å². The largest absolute Gasteiger partial charge is 0.462 e. The van der Waals surface area contributed by atoms with Crippen LogP contribution in [0.4, 0.5) is 8.78 Å². The molecule has 0 saturated carbocycles. The van der Waals surface area contributed by atoms with Gasteiger partial charge in [0.25, 0.3) is 5.56 Å². The highest BCUT2D eigenvalue weighted by Crippen LogP contribution is 2.30. The second kappa shape index (κ2) is 18.1. The van der Waals surface area contributed by atoms with Gasteiger partial charge in [-0.15, -0.1) is 0 Å². The van der Waals surface area contributed by atoms with Crippen LogP contribution in [0.25, 0.3) is 16.7 Å². The molecule has 44 heavy (non-hydrogen) atoms. The maximum atomic E-state index is 14.0. The minimum Gasteiger partial charge on any atom is -0.462 e. The summed E-state index contributed by atoms with van der Waals surface area (Å²) in [6.07, 6.45) is 0. The van der Waals surface area contributed by atoms with Gasteiger partial charge in [0.2, 0.25) is 0 Å². The number of aromatic nitrogens is 2. The SMILES string of the molecule is C1COCCNN1.CCOC(=O)C(=C(Cl)Cl)c1ccc(Cl)cc1F.O=c1c(-c2ccc(Cl)cc2F)c(Cl)n2n1CCOCC2. The summed E-state index contributed by atoms with van der Waals surface area (Å²) in [6.45, 7) is 7.00. The molecular weight excluding hydrogens is 688 g/mol. The van der Waals surface area contributed by atoms with Crippen molar-refractivity contribution < 1.29 is 27.8 Å². The number of hydrogen-bond donors (Lipinski definition) is 2. The van der Waals surface area contributed by atoms with Gasteiger partial charge in [-0.05, 0) is 43.3 Å². The molecule has 9 nitrogen and oxygen atoms in total. The molecule has 240 valence electrons. The summed E-state index contributed by atoms with van der Waals surface area (Å²) < 4.78 is 45.5. The number of esters is 1. The summed E-state index contributed by atoms with van der Waals surface area (Å²) >= 11 is 28.7. The average Bonchev–Trinajstić information content (AvgIpc) is 3.31. The third-order valence-electron chi connectivity index (χ3n) is 6.00.